The minimum atomic E-state index is -4.51. The van der Waals surface area contributed by atoms with Crippen LogP contribution in [0.3, 0.4) is 0 Å². The lowest BCUT2D eigenvalue weighted by Crippen LogP contribution is -2.54. The smallest absolute Gasteiger partial charge is 0.408 e. The molecule has 1 heterocycles. The van der Waals surface area contributed by atoms with E-state index < -0.39 is 53.1 Å². The molecule has 1 saturated heterocycles. The Labute approximate surface area is 248 Å². The van der Waals surface area contributed by atoms with E-state index in [0.717, 1.165) is 0 Å². The number of alkyl carbamates (subject to hydrolysis) is 1. The van der Waals surface area contributed by atoms with Crippen LogP contribution in [0.1, 0.15) is 11.1 Å². The number of hydrogen-bond donors (Lipinski definition) is 1. The number of methoxy groups -OCH3 is 1. The Balaban J connectivity index is 1.60. The molecule has 1 fully saturated rings. The lowest BCUT2D eigenvalue weighted by molar-refractivity contribution is -0.153. The lowest BCUT2D eigenvalue weighted by Gasteiger charge is -2.29. The van der Waals surface area contributed by atoms with Crippen LogP contribution in [-0.2, 0) is 42.0 Å². The number of sulfonamides is 1. The Hall–Kier alpha value is -3.91. The number of Topliss-reactive ketones (excluding diaryl/α,β-unsaturated/α-hetero) is 1. The number of nitrogens with zero attached hydrogens (tertiary/aromatic N) is 1. The van der Waals surface area contributed by atoms with Gasteiger partial charge in [0.1, 0.15) is 18.6 Å². The van der Waals surface area contributed by atoms with Crippen molar-refractivity contribution in [3.63, 3.8) is 0 Å². The fourth-order valence-corrected chi connectivity index (χ4v) is 5.81. The highest BCUT2D eigenvalue weighted by atomic mass is 32.2. The van der Waals surface area contributed by atoms with E-state index in [-0.39, 0.29) is 31.3 Å². The van der Waals surface area contributed by atoms with Gasteiger partial charge in [-0.25, -0.2) is 13.2 Å². The summed E-state index contributed by atoms with van der Waals surface area (Å²) in [6.45, 7) is -1.79. The molecule has 4 rings (SSSR count). The van der Waals surface area contributed by atoms with Gasteiger partial charge >= 0.3 is 12.0 Å². The molecule has 13 heteroatoms. The summed E-state index contributed by atoms with van der Waals surface area (Å²) in [5.74, 6) is -5.51. The van der Waals surface area contributed by atoms with Crippen molar-refractivity contribution in [1.82, 2.24) is 9.62 Å². The van der Waals surface area contributed by atoms with E-state index in [9.17, 15) is 18.0 Å². The van der Waals surface area contributed by atoms with Crippen molar-refractivity contribution in [3.8, 4) is 5.75 Å². The summed E-state index contributed by atoms with van der Waals surface area (Å²) in [6.07, 6.45) is -2.19. The van der Waals surface area contributed by atoms with E-state index in [0.29, 0.717) is 21.2 Å². The number of benzene rings is 3. The molecule has 43 heavy (non-hydrogen) atoms. The van der Waals surface area contributed by atoms with Gasteiger partial charge in [0.15, 0.2) is 6.10 Å². The molecule has 1 aliphatic heterocycles. The Bertz CT molecular complexity index is 1450. The standard InChI is InChI=1S/C30H32F2N2O8S/c1-39-24-12-14-26(15-13-24)43(37,38)34(17-23-10-6-3-7-11-23)20-30(31,32)28(35)27(16-22-8-4-2-5-9-22)33-29(36)42-25-18-40-21-41-19-25/h2-15,25,27H,16-21H2,1H3,(H,33,36)/t27-/m1/s1. The van der Waals surface area contributed by atoms with Gasteiger partial charge in [-0.3, -0.25) is 4.79 Å². The number of nitrogens with one attached hydrogen (secondary N) is 1. The van der Waals surface area contributed by atoms with Crippen LogP contribution in [0.5, 0.6) is 5.75 Å². The van der Waals surface area contributed by atoms with Crippen LogP contribution < -0.4 is 10.1 Å². The van der Waals surface area contributed by atoms with Crippen LogP contribution in [0.4, 0.5) is 13.6 Å². The monoisotopic (exact) mass is 618 g/mol. The highest BCUT2D eigenvalue weighted by Gasteiger charge is 2.47. The van der Waals surface area contributed by atoms with Gasteiger partial charge in [-0.1, -0.05) is 60.7 Å². The summed E-state index contributed by atoms with van der Waals surface area (Å²) in [4.78, 5) is 25.8. The van der Waals surface area contributed by atoms with Crippen LogP contribution in [0, 0.1) is 0 Å². The average molecular weight is 619 g/mol. The Morgan fingerprint density at radius 3 is 2.12 bits per heavy atom. The average Bonchev–Trinajstić information content (AvgIpc) is 3.01. The number of hydrogen-bond acceptors (Lipinski definition) is 8. The molecule has 0 radical (unpaired) electrons. The highest BCUT2D eigenvalue weighted by molar-refractivity contribution is 7.89. The molecule has 0 aliphatic carbocycles. The van der Waals surface area contributed by atoms with E-state index in [1.54, 1.807) is 60.7 Å². The van der Waals surface area contributed by atoms with Gasteiger partial charge in [-0.2, -0.15) is 13.1 Å². The van der Waals surface area contributed by atoms with Crippen molar-refractivity contribution in [2.75, 3.05) is 33.7 Å². The molecule has 3 aromatic carbocycles. The Kier molecular flexibility index (Phi) is 10.8. The van der Waals surface area contributed by atoms with Crippen molar-refractivity contribution < 1.29 is 45.7 Å². The molecule has 1 N–H and O–H groups in total. The number of carbonyl (C=O) groups is 2. The molecule has 230 valence electrons. The van der Waals surface area contributed by atoms with Gasteiger partial charge in [0.2, 0.25) is 15.8 Å². The molecule has 0 unspecified atom stereocenters. The highest BCUT2D eigenvalue weighted by Crippen LogP contribution is 2.27. The van der Waals surface area contributed by atoms with Gasteiger partial charge in [0.25, 0.3) is 0 Å². The van der Waals surface area contributed by atoms with E-state index in [2.05, 4.69) is 5.32 Å². The maximum atomic E-state index is 15.9. The van der Waals surface area contributed by atoms with Crippen molar-refractivity contribution in [1.29, 1.82) is 0 Å². The number of rotatable bonds is 13. The Morgan fingerprint density at radius 2 is 1.53 bits per heavy atom. The number of amides is 1. The van der Waals surface area contributed by atoms with Crippen molar-refractivity contribution >= 4 is 21.9 Å². The van der Waals surface area contributed by atoms with Crippen molar-refractivity contribution in [2.45, 2.75) is 35.9 Å². The number of halogens is 2. The van der Waals surface area contributed by atoms with Crippen molar-refractivity contribution in [2.24, 2.45) is 0 Å². The fraction of sp³-hybridized carbons (Fsp3) is 0.333. The Morgan fingerprint density at radius 1 is 0.953 bits per heavy atom. The van der Waals surface area contributed by atoms with Gasteiger partial charge < -0.3 is 24.3 Å². The van der Waals surface area contributed by atoms with Gasteiger partial charge in [-0.05, 0) is 35.4 Å². The molecule has 1 amide bonds. The SMILES string of the molecule is COc1ccc(S(=O)(=O)N(Cc2ccccc2)CC(F)(F)C(=O)[C@@H](Cc2ccccc2)NC(=O)OC2COCOC2)cc1. The number of carbonyl (C=O) groups excluding carboxylic acids is 2. The van der Waals surface area contributed by atoms with Crippen LogP contribution >= 0.6 is 0 Å². The summed E-state index contributed by atoms with van der Waals surface area (Å²) in [7, 11) is -3.11. The minimum absolute atomic E-state index is 0.0295. The molecular weight excluding hydrogens is 586 g/mol. The molecule has 0 spiro atoms. The van der Waals surface area contributed by atoms with Gasteiger partial charge in [0.05, 0.1) is 31.8 Å². The first kappa shape index (κ1) is 32.0. The predicted octanol–water partition coefficient (Wildman–Crippen LogP) is 3.80. The second kappa shape index (κ2) is 14.5. The maximum absolute atomic E-state index is 15.9. The van der Waals surface area contributed by atoms with E-state index in [4.69, 9.17) is 18.9 Å². The third-order valence-electron chi connectivity index (χ3n) is 6.57. The van der Waals surface area contributed by atoms with E-state index in [1.165, 1.54) is 31.4 Å². The third kappa shape index (κ3) is 8.80. The zero-order chi connectivity index (χ0) is 30.9. The first-order valence-corrected chi connectivity index (χ1v) is 14.8. The number of ketones is 1. The molecule has 0 saturated carbocycles. The van der Waals surface area contributed by atoms with E-state index in [1.807, 2.05) is 0 Å². The molecule has 3 aromatic rings. The second-order valence-corrected chi connectivity index (χ2v) is 11.7. The minimum Gasteiger partial charge on any atom is -0.497 e. The molecule has 10 nitrogen and oxygen atoms in total. The summed E-state index contributed by atoms with van der Waals surface area (Å²) in [6, 6.07) is 20.0. The topological polar surface area (TPSA) is 120 Å². The molecule has 1 atom stereocenters. The summed E-state index contributed by atoms with van der Waals surface area (Å²) in [5.41, 5.74) is 0.926. The molecule has 1 aliphatic rings. The van der Waals surface area contributed by atoms with E-state index >= 15 is 8.78 Å². The molecular formula is C30H32F2N2O8S. The van der Waals surface area contributed by atoms with Crippen LogP contribution in [0.25, 0.3) is 0 Å². The van der Waals surface area contributed by atoms with Crippen LogP contribution in [-0.4, -0.2) is 76.3 Å². The molecule has 0 bridgehead atoms. The fourth-order valence-electron chi connectivity index (χ4n) is 4.38. The summed E-state index contributed by atoms with van der Waals surface area (Å²) < 4.78 is 80.0. The van der Waals surface area contributed by atoms with Gasteiger partial charge in [-0.15, -0.1) is 0 Å². The normalized spacial score (nSPS) is 15.1. The largest absolute Gasteiger partial charge is 0.497 e. The number of ether oxygens (including phenoxy) is 4. The zero-order valence-corrected chi connectivity index (χ0v) is 24.2. The van der Waals surface area contributed by atoms with Gasteiger partial charge in [0, 0.05) is 13.0 Å². The van der Waals surface area contributed by atoms with Crippen LogP contribution in [0.2, 0.25) is 0 Å². The quantitative estimate of drug-likeness (QED) is 0.307. The number of alkyl halides is 2. The molecule has 0 aromatic heterocycles. The third-order valence-corrected chi connectivity index (χ3v) is 8.38. The lowest BCUT2D eigenvalue weighted by atomic mass is 9.98. The zero-order valence-electron chi connectivity index (χ0n) is 23.4. The maximum Gasteiger partial charge on any atom is 0.408 e. The van der Waals surface area contributed by atoms with Crippen molar-refractivity contribution in [3.05, 3.63) is 96.1 Å². The summed E-state index contributed by atoms with van der Waals surface area (Å²) in [5, 5.41) is 2.24. The predicted molar refractivity (Wildman–Crippen MR) is 151 cm³/mol. The first-order valence-electron chi connectivity index (χ1n) is 13.4. The first-order chi connectivity index (χ1) is 20.6. The second-order valence-electron chi connectivity index (χ2n) is 9.78. The van der Waals surface area contributed by atoms with Crippen LogP contribution in [0.15, 0.2) is 89.8 Å². The summed E-state index contributed by atoms with van der Waals surface area (Å²) >= 11 is 0.